The SMILES string of the molecule is Cl.N#Cc1ccc(CC(CNc2cccc(Cl)c2)NCc2cnc[nH]2)cc1. The molecular formula is C20H21Cl2N5. The highest BCUT2D eigenvalue weighted by atomic mass is 35.5. The Morgan fingerprint density at radius 2 is 2.00 bits per heavy atom. The Morgan fingerprint density at radius 1 is 1.19 bits per heavy atom. The van der Waals surface area contributed by atoms with Crippen molar-refractivity contribution in [2.75, 3.05) is 11.9 Å². The number of imidazole rings is 1. The fraction of sp³-hybridized carbons (Fsp3) is 0.200. The Labute approximate surface area is 170 Å². The second kappa shape index (κ2) is 10.6. The summed E-state index contributed by atoms with van der Waals surface area (Å²) in [5.41, 5.74) is 3.88. The fourth-order valence-corrected chi connectivity index (χ4v) is 2.88. The number of rotatable bonds is 8. The Balaban J connectivity index is 0.00000261. The summed E-state index contributed by atoms with van der Waals surface area (Å²) in [6.45, 7) is 1.45. The van der Waals surface area contributed by atoms with Gasteiger partial charge in [-0.15, -0.1) is 12.4 Å². The number of hydrogen-bond acceptors (Lipinski definition) is 4. The maximum atomic E-state index is 8.94. The number of aromatic nitrogens is 2. The molecule has 1 aromatic heterocycles. The van der Waals surface area contributed by atoms with Crippen molar-refractivity contribution < 1.29 is 0 Å². The maximum Gasteiger partial charge on any atom is 0.0991 e. The van der Waals surface area contributed by atoms with Crippen LogP contribution >= 0.6 is 24.0 Å². The second-order valence-electron chi connectivity index (χ2n) is 6.06. The van der Waals surface area contributed by atoms with E-state index in [2.05, 4.69) is 26.7 Å². The third-order valence-corrected chi connectivity index (χ3v) is 4.31. The standard InChI is InChI=1S/C20H20ClN5.ClH/c21-17-2-1-3-18(9-17)24-12-19(25-13-20-11-23-14-26-20)8-15-4-6-16(10-22)7-5-15;/h1-7,9,11,14,19,24-25H,8,12-13H2,(H,23,26);1H. The number of anilines is 1. The molecule has 0 spiro atoms. The van der Waals surface area contributed by atoms with Crippen molar-refractivity contribution in [3.63, 3.8) is 0 Å². The van der Waals surface area contributed by atoms with E-state index in [-0.39, 0.29) is 18.4 Å². The zero-order chi connectivity index (χ0) is 18.2. The van der Waals surface area contributed by atoms with Crippen molar-refractivity contribution in [1.82, 2.24) is 15.3 Å². The van der Waals surface area contributed by atoms with E-state index in [0.29, 0.717) is 17.1 Å². The molecular weight excluding hydrogens is 381 g/mol. The molecule has 0 aliphatic carbocycles. The lowest BCUT2D eigenvalue weighted by molar-refractivity contribution is 0.522. The summed E-state index contributed by atoms with van der Waals surface area (Å²) in [5, 5.41) is 16.6. The van der Waals surface area contributed by atoms with E-state index >= 15 is 0 Å². The summed E-state index contributed by atoms with van der Waals surface area (Å²) in [4.78, 5) is 7.16. The van der Waals surface area contributed by atoms with E-state index in [9.17, 15) is 0 Å². The molecule has 27 heavy (non-hydrogen) atoms. The number of halogens is 2. The second-order valence-corrected chi connectivity index (χ2v) is 6.50. The van der Waals surface area contributed by atoms with Crippen LogP contribution in [0.2, 0.25) is 5.02 Å². The van der Waals surface area contributed by atoms with Crippen molar-refractivity contribution in [2.24, 2.45) is 0 Å². The highest BCUT2D eigenvalue weighted by Gasteiger charge is 2.10. The van der Waals surface area contributed by atoms with Gasteiger partial charge in [-0.05, 0) is 42.3 Å². The lowest BCUT2D eigenvalue weighted by atomic mass is 10.0. The van der Waals surface area contributed by atoms with Gasteiger partial charge in [0.15, 0.2) is 0 Å². The van der Waals surface area contributed by atoms with E-state index in [1.807, 2.05) is 54.7 Å². The minimum Gasteiger partial charge on any atom is -0.383 e. The van der Waals surface area contributed by atoms with Crippen LogP contribution in [0.5, 0.6) is 0 Å². The summed E-state index contributed by atoms with van der Waals surface area (Å²) < 4.78 is 0. The number of benzene rings is 2. The topological polar surface area (TPSA) is 76.5 Å². The van der Waals surface area contributed by atoms with Crippen LogP contribution in [0, 0.1) is 11.3 Å². The number of nitriles is 1. The van der Waals surface area contributed by atoms with Crippen LogP contribution in [0.15, 0.2) is 61.1 Å². The number of H-pyrrole nitrogens is 1. The highest BCUT2D eigenvalue weighted by Crippen LogP contribution is 2.15. The smallest absolute Gasteiger partial charge is 0.0991 e. The lowest BCUT2D eigenvalue weighted by Crippen LogP contribution is -2.37. The van der Waals surface area contributed by atoms with E-state index in [1.54, 1.807) is 6.33 Å². The van der Waals surface area contributed by atoms with Crippen molar-refractivity contribution >= 4 is 29.7 Å². The van der Waals surface area contributed by atoms with Gasteiger partial charge in [0.25, 0.3) is 0 Å². The normalized spacial score (nSPS) is 11.3. The molecule has 0 saturated carbocycles. The molecule has 7 heteroatoms. The van der Waals surface area contributed by atoms with Gasteiger partial charge in [-0.25, -0.2) is 4.98 Å². The molecule has 1 atom stereocenters. The number of aromatic amines is 1. The zero-order valence-electron chi connectivity index (χ0n) is 14.7. The minimum absolute atomic E-state index is 0. The summed E-state index contributed by atoms with van der Waals surface area (Å²) in [7, 11) is 0. The molecule has 3 aromatic rings. The van der Waals surface area contributed by atoms with Gasteiger partial charge in [-0.1, -0.05) is 29.8 Å². The Morgan fingerprint density at radius 3 is 2.67 bits per heavy atom. The quantitative estimate of drug-likeness (QED) is 0.529. The van der Waals surface area contributed by atoms with Crippen molar-refractivity contribution in [2.45, 2.75) is 19.0 Å². The van der Waals surface area contributed by atoms with E-state index in [1.165, 1.54) is 5.56 Å². The number of nitrogens with one attached hydrogen (secondary N) is 3. The van der Waals surface area contributed by atoms with Gasteiger partial charge < -0.3 is 15.6 Å². The zero-order valence-corrected chi connectivity index (χ0v) is 16.2. The van der Waals surface area contributed by atoms with Crippen LogP contribution in [0.3, 0.4) is 0 Å². The molecule has 0 fully saturated rings. The molecule has 0 bridgehead atoms. The molecule has 0 radical (unpaired) electrons. The monoisotopic (exact) mass is 401 g/mol. The Bertz CT molecular complexity index is 857. The van der Waals surface area contributed by atoms with Gasteiger partial charge in [-0.2, -0.15) is 5.26 Å². The lowest BCUT2D eigenvalue weighted by Gasteiger charge is -2.20. The average Bonchev–Trinajstić information content (AvgIpc) is 3.18. The largest absolute Gasteiger partial charge is 0.383 e. The predicted molar refractivity (Wildman–Crippen MR) is 111 cm³/mol. The van der Waals surface area contributed by atoms with Gasteiger partial charge in [0.05, 0.1) is 18.0 Å². The molecule has 140 valence electrons. The summed E-state index contributed by atoms with van der Waals surface area (Å²) in [5.74, 6) is 0. The van der Waals surface area contributed by atoms with Crippen LogP contribution in [0.4, 0.5) is 5.69 Å². The third-order valence-electron chi connectivity index (χ3n) is 4.08. The molecule has 0 amide bonds. The van der Waals surface area contributed by atoms with Crippen LogP contribution < -0.4 is 10.6 Å². The molecule has 1 unspecified atom stereocenters. The minimum atomic E-state index is 0. The summed E-state index contributed by atoms with van der Waals surface area (Å²) in [6.07, 6.45) is 4.33. The predicted octanol–water partition coefficient (Wildman–Crippen LogP) is 4.17. The number of hydrogen-bond donors (Lipinski definition) is 3. The summed E-state index contributed by atoms with van der Waals surface area (Å²) >= 11 is 6.05. The molecule has 2 aromatic carbocycles. The molecule has 3 rings (SSSR count). The Hall–Kier alpha value is -2.52. The molecule has 1 heterocycles. The van der Waals surface area contributed by atoms with E-state index in [4.69, 9.17) is 16.9 Å². The average molecular weight is 402 g/mol. The maximum absolute atomic E-state index is 8.94. The summed E-state index contributed by atoms with van der Waals surface area (Å²) in [6, 6.07) is 17.8. The van der Waals surface area contributed by atoms with Crippen LogP contribution in [-0.2, 0) is 13.0 Å². The van der Waals surface area contributed by atoms with Gasteiger partial charge in [-0.3, -0.25) is 0 Å². The van der Waals surface area contributed by atoms with Crippen LogP contribution in [0.25, 0.3) is 0 Å². The first kappa shape index (κ1) is 20.8. The van der Waals surface area contributed by atoms with Crippen LogP contribution in [0.1, 0.15) is 16.8 Å². The molecule has 0 aliphatic heterocycles. The van der Waals surface area contributed by atoms with Gasteiger partial charge in [0, 0.05) is 41.7 Å². The van der Waals surface area contributed by atoms with Crippen molar-refractivity contribution in [1.29, 1.82) is 5.26 Å². The van der Waals surface area contributed by atoms with E-state index < -0.39 is 0 Å². The Kier molecular flexibility index (Phi) is 8.15. The molecule has 0 saturated heterocycles. The first-order chi connectivity index (χ1) is 12.7. The van der Waals surface area contributed by atoms with Crippen LogP contribution in [-0.4, -0.2) is 22.6 Å². The molecule has 0 aliphatic rings. The van der Waals surface area contributed by atoms with Crippen molar-refractivity contribution in [3.8, 4) is 6.07 Å². The third kappa shape index (κ3) is 6.61. The molecule has 3 N–H and O–H groups in total. The van der Waals surface area contributed by atoms with Gasteiger partial charge in [0.1, 0.15) is 0 Å². The van der Waals surface area contributed by atoms with Gasteiger partial charge in [0.2, 0.25) is 0 Å². The first-order valence-corrected chi connectivity index (χ1v) is 8.80. The van der Waals surface area contributed by atoms with Gasteiger partial charge >= 0.3 is 0 Å². The van der Waals surface area contributed by atoms with E-state index in [0.717, 1.165) is 24.3 Å². The molecule has 5 nitrogen and oxygen atoms in total. The first-order valence-electron chi connectivity index (χ1n) is 8.42. The van der Waals surface area contributed by atoms with Crippen molar-refractivity contribution in [3.05, 3.63) is 82.9 Å². The highest BCUT2D eigenvalue weighted by molar-refractivity contribution is 6.30. The fourth-order valence-electron chi connectivity index (χ4n) is 2.69. The number of nitrogens with zero attached hydrogens (tertiary/aromatic N) is 2.